The fourth-order valence-corrected chi connectivity index (χ4v) is 3.40. The highest BCUT2D eigenvalue weighted by atomic mass is 16.5. The van der Waals surface area contributed by atoms with Gasteiger partial charge in [-0.2, -0.15) is 0 Å². The smallest absolute Gasteiger partial charge is 0.0469 e. The normalized spacial score (nSPS) is 31.7. The molecule has 104 valence electrons. The average Bonchev–Trinajstić information content (AvgIpc) is 3.22. The average molecular weight is 252 g/mol. The Bertz CT molecular complexity index is 249. The van der Waals surface area contributed by atoms with Gasteiger partial charge in [0.25, 0.3) is 0 Å². The SMILES string of the molecule is C1CC(CNC2CC2)CN(CC2CCOCC2)C1. The molecular weight excluding hydrogens is 224 g/mol. The minimum Gasteiger partial charge on any atom is -0.381 e. The van der Waals surface area contributed by atoms with Gasteiger partial charge in [-0.1, -0.05) is 0 Å². The maximum atomic E-state index is 5.45. The van der Waals surface area contributed by atoms with Crippen LogP contribution in [0.5, 0.6) is 0 Å². The van der Waals surface area contributed by atoms with E-state index in [2.05, 4.69) is 10.2 Å². The van der Waals surface area contributed by atoms with E-state index in [0.29, 0.717) is 0 Å². The van der Waals surface area contributed by atoms with E-state index in [1.807, 2.05) is 0 Å². The summed E-state index contributed by atoms with van der Waals surface area (Å²) in [5.41, 5.74) is 0. The van der Waals surface area contributed by atoms with E-state index in [0.717, 1.165) is 31.1 Å². The standard InChI is InChI=1S/C15H28N2O/c1-2-14(10-16-15-3-4-15)12-17(7-1)11-13-5-8-18-9-6-13/h13-16H,1-12H2. The Labute approximate surface area is 111 Å². The molecule has 2 heterocycles. The lowest BCUT2D eigenvalue weighted by Gasteiger charge is -2.36. The zero-order chi connectivity index (χ0) is 12.2. The van der Waals surface area contributed by atoms with Gasteiger partial charge in [-0.05, 0) is 63.5 Å². The summed E-state index contributed by atoms with van der Waals surface area (Å²) in [6.45, 7) is 7.23. The quantitative estimate of drug-likeness (QED) is 0.808. The van der Waals surface area contributed by atoms with Crippen LogP contribution in [-0.4, -0.2) is 50.3 Å². The highest BCUT2D eigenvalue weighted by Gasteiger charge is 2.26. The van der Waals surface area contributed by atoms with E-state index in [-0.39, 0.29) is 0 Å². The number of nitrogens with zero attached hydrogens (tertiary/aromatic N) is 1. The first kappa shape index (κ1) is 12.9. The Morgan fingerprint density at radius 2 is 1.83 bits per heavy atom. The molecular formula is C15H28N2O. The molecule has 0 aromatic rings. The fourth-order valence-electron chi connectivity index (χ4n) is 3.40. The largest absolute Gasteiger partial charge is 0.381 e. The predicted octanol–water partition coefficient (Wildman–Crippen LogP) is 1.88. The molecule has 0 bridgehead atoms. The third-order valence-corrected chi connectivity index (χ3v) is 4.73. The predicted molar refractivity (Wildman–Crippen MR) is 73.7 cm³/mol. The molecule has 0 aromatic heterocycles. The first-order chi connectivity index (χ1) is 8.90. The summed E-state index contributed by atoms with van der Waals surface area (Å²) in [4.78, 5) is 2.72. The summed E-state index contributed by atoms with van der Waals surface area (Å²) in [6, 6.07) is 0.871. The molecule has 18 heavy (non-hydrogen) atoms. The molecule has 2 saturated heterocycles. The molecule has 0 aromatic carbocycles. The third kappa shape index (κ3) is 3.94. The van der Waals surface area contributed by atoms with Gasteiger partial charge >= 0.3 is 0 Å². The second-order valence-corrected chi connectivity index (χ2v) is 6.51. The van der Waals surface area contributed by atoms with Crippen LogP contribution in [-0.2, 0) is 4.74 Å². The number of likely N-dealkylation sites (tertiary alicyclic amines) is 1. The van der Waals surface area contributed by atoms with Crippen molar-refractivity contribution in [1.29, 1.82) is 0 Å². The second-order valence-electron chi connectivity index (χ2n) is 6.51. The van der Waals surface area contributed by atoms with Crippen LogP contribution in [0.1, 0.15) is 38.5 Å². The van der Waals surface area contributed by atoms with Gasteiger partial charge in [-0.15, -0.1) is 0 Å². The van der Waals surface area contributed by atoms with Crippen LogP contribution in [0.25, 0.3) is 0 Å². The van der Waals surface area contributed by atoms with Crippen molar-refractivity contribution in [2.45, 2.75) is 44.6 Å². The number of piperidine rings is 1. The van der Waals surface area contributed by atoms with Crippen molar-refractivity contribution in [3.05, 3.63) is 0 Å². The lowest BCUT2D eigenvalue weighted by molar-refractivity contribution is 0.0452. The molecule has 2 aliphatic heterocycles. The summed E-state index contributed by atoms with van der Waals surface area (Å²) in [7, 11) is 0. The van der Waals surface area contributed by atoms with Crippen molar-refractivity contribution in [2.24, 2.45) is 11.8 Å². The van der Waals surface area contributed by atoms with Crippen LogP contribution in [0.15, 0.2) is 0 Å². The van der Waals surface area contributed by atoms with Crippen LogP contribution in [0.3, 0.4) is 0 Å². The molecule has 3 nitrogen and oxygen atoms in total. The van der Waals surface area contributed by atoms with E-state index in [1.165, 1.54) is 64.7 Å². The van der Waals surface area contributed by atoms with Crippen LogP contribution in [0.4, 0.5) is 0 Å². The maximum absolute atomic E-state index is 5.45. The van der Waals surface area contributed by atoms with Gasteiger partial charge in [0.05, 0.1) is 0 Å². The number of hydrogen-bond donors (Lipinski definition) is 1. The van der Waals surface area contributed by atoms with Gasteiger partial charge in [0.2, 0.25) is 0 Å². The van der Waals surface area contributed by atoms with Crippen LogP contribution >= 0.6 is 0 Å². The Morgan fingerprint density at radius 3 is 2.61 bits per heavy atom. The Hall–Kier alpha value is -0.120. The second kappa shape index (κ2) is 6.36. The molecule has 1 atom stereocenters. The molecule has 1 aliphatic carbocycles. The van der Waals surface area contributed by atoms with Crippen molar-refractivity contribution in [1.82, 2.24) is 10.2 Å². The minimum atomic E-state index is 0.871. The summed E-state index contributed by atoms with van der Waals surface area (Å²) in [5, 5.41) is 3.70. The zero-order valence-electron chi connectivity index (χ0n) is 11.6. The highest BCUT2D eigenvalue weighted by Crippen LogP contribution is 2.23. The van der Waals surface area contributed by atoms with Crippen LogP contribution < -0.4 is 5.32 Å². The van der Waals surface area contributed by atoms with Gasteiger partial charge < -0.3 is 15.0 Å². The molecule has 1 N–H and O–H groups in total. The third-order valence-electron chi connectivity index (χ3n) is 4.73. The van der Waals surface area contributed by atoms with Gasteiger partial charge in [0.15, 0.2) is 0 Å². The zero-order valence-corrected chi connectivity index (χ0v) is 11.6. The Balaban J connectivity index is 1.38. The minimum absolute atomic E-state index is 0.871. The Kier molecular flexibility index (Phi) is 4.55. The van der Waals surface area contributed by atoms with E-state index in [1.54, 1.807) is 0 Å². The molecule has 3 fully saturated rings. The molecule has 0 amide bonds. The molecule has 3 aliphatic rings. The number of rotatable bonds is 5. The molecule has 0 spiro atoms. The Morgan fingerprint density at radius 1 is 1.00 bits per heavy atom. The molecule has 0 radical (unpaired) electrons. The molecule has 3 rings (SSSR count). The summed E-state index contributed by atoms with van der Waals surface area (Å²) in [6.07, 6.45) is 8.23. The fraction of sp³-hybridized carbons (Fsp3) is 1.00. The number of nitrogens with one attached hydrogen (secondary N) is 1. The molecule has 1 unspecified atom stereocenters. The van der Waals surface area contributed by atoms with Gasteiger partial charge in [0.1, 0.15) is 0 Å². The van der Waals surface area contributed by atoms with E-state index >= 15 is 0 Å². The van der Waals surface area contributed by atoms with E-state index in [9.17, 15) is 0 Å². The van der Waals surface area contributed by atoms with Crippen molar-refractivity contribution < 1.29 is 4.74 Å². The summed E-state index contributed by atoms with van der Waals surface area (Å²) >= 11 is 0. The van der Waals surface area contributed by atoms with Crippen molar-refractivity contribution in [2.75, 3.05) is 39.4 Å². The lowest BCUT2D eigenvalue weighted by atomic mass is 9.94. The van der Waals surface area contributed by atoms with Crippen molar-refractivity contribution >= 4 is 0 Å². The topological polar surface area (TPSA) is 24.5 Å². The highest BCUT2D eigenvalue weighted by molar-refractivity contribution is 4.84. The van der Waals surface area contributed by atoms with Crippen LogP contribution in [0.2, 0.25) is 0 Å². The van der Waals surface area contributed by atoms with Crippen molar-refractivity contribution in [3.63, 3.8) is 0 Å². The van der Waals surface area contributed by atoms with Gasteiger partial charge in [-0.3, -0.25) is 0 Å². The first-order valence-electron chi connectivity index (χ1n) is 7.93. The van der Waals surface area contributed by atoms with Crippen molar-refractivity contribution in [3.8, 4) is 0 Å². The maximum Gasteiger partial charge on any atom is 0.0469 e. The molecule has 1 saturated carbocycles. The first-order valence-corrected chi connectivity index (χ1v) is 7.93. The molecule has 3 heteroatoms. The van der Waals surface area contributed by atoms with Gasteiger partial charge in [0, 0.05) is 32.3 Å². The lowest BCUT2D eigenvalue weighted by Crippen LogP contribution is -2.42. The van der Waals surface area contributed by atoms with Crippen LogP contribution in [0, 0.1) is 11.8 Å². The summed E-state index contributed by atoms with van der Waals surface area (Å²) < 4.78 is 5.45. The monoisotopic (exact) mass is 252 g/mol. The number of ether oxygens (including phenoxy) is 1. The number of hydrogen-bond acceptors (Lipinski definition) is 3. The van der Waals surface area contributed by atoms with E-state index in [4.69, 9.17) is 4.74 Å². The van der Waals surface area contributed by atoms with E-state index < -0.39 is 0 Å². The summed E-state index contributed by atoms with van der Waals surface area (Å²) in [5.74, 6) is 1.80. The van der Waals surface area contributed by atoms with Gasteiger partial charge in [-0.25, -0.2) is 0 Å².